The maximum atomic E-state index is 13.1. The number of halogens is 4. The van der Waals surface area contributed by atoms with Crippen molar-refractivity contribution in [2.75, 3.05) is 6.67 Å². The van der Waals surface area contributed by atoms with E-state index >= 15 is 0 Å². The molecule has 0 aliphatic rings. The van der Waals surface area contributed by atoms with Crippen LogP contribution in [0.1, 0.15) is 12.0 Å². The Morgan fingerprint density at radius 3 is 2.29 bits per heavy atom. The van der Waals surface area contributed by atoms with Gasteiger partial charge in [-0.1, -0.05) is 23.2 Å². The molecule has 0 heterocycles. The van der Waals surface area contributed by atoms with Gasteiger partial charge in [0.1, 0.15) is 0 Å². The quantitative estimate of drug-likeness (QED) is 0.359. The van der Waals surface area contributed by atoms with Crippen molar-refractivity contribution in [1.82, 2.24) is 5.32 Å². The summed E-state index contributed by atoms with van der Waals surface area (Å²) in [5.74, 6) is -1.58. The Morgan fingerprint density at radius 2 is 1.90 bits per heavy atom. The van der Waals surface area contributed by atoms with E-state index in [-0.39, 0.29) is 11.3 Å². The molecule has 0 bridgehead atoms. The summed E-state index contributed by atoms with van der Waals surface area (Å²) in [7, 11) is 0. The molecule has 0 saturated carbocycles. The number of nitro benzene ring substituents is 1. The van der Waals surface area contributed by atoms with Crippen LogP contribution >= 0.6 is 23.2 Å². The number of benzene rings is 1. The number of nitro groups is 1. The maximum absolute atomic E-state index is 13.1. The SMILES string of the molecule is O=C(NC(O)(CCF)c1ccc([N+](=O)[O-])cc1)C(F)(Cl)Cl. The highest BCUT2D eigenvalue weighted by Crippen LogP contribution is 2.28. The zero-order chi connectivity index (χ0) is 16.3. The summed E-state index contributed by atoms with van der Waals surface area (Å²) in [5, 5.41) is 22.5. The number of carbonyl (C=O) groups excluding carboxylic acids is 1. The van der Waals surface area contributed by atoms with Gasteiger partial charge in [0.15, 0.2) is 5.72 Å². The van der Waals surface area contributed by atoms with Gasteiger partial charge >= 0.3 is 4.59 Å². The van der Waals surface area contributed by atoms with Crippen LogP contribution in [0.2, 0.25) is 0 Å². The number of hydrogen-bond donors (Lipinski definition) is 2. The fourth-order valence-corrected chi connectivity index (χ4v) is 1.63. The Hall–Kier alpha value is -1.51. The predicted molar refractivity (Wildman–Crippen MR) is 71.3 cm³/mol. The number of nitrogens with one attached hydrogen (secondary N) is 1. The van der Waals surface area contributed by atoms with Crippen LogP contribution in [-0.4, -0.2) is 27.2 Å². The summed E-state index contributed by atoms with van der Waals surface area (Å²) < 4.78 is 22.3. The van der Waals surface area contributed by atoms with Crippen molar-refractivity contribution in [2.24, 2.45) is 0 Å². The molecule has 0 saturated heterocycles. The zero-order valence-electron chi connectivity index (χ0n) is 10.4. The monoisotopic (exact) mass is 342 g/mol. The summed E-state index contributed by atoms with van der Waals surface area (Å²) in [4.78, 5) is 21.2. The van der Waals surface area contributed by atoms with E-state index in [0.717, 1.165) is 24.3 Å². The van der Waals surface area contributed by atoms with Gasteiger partial charge in [-0.15, -0.1) is 0 Å². The van der Waals surface area contributed by atoms with Crippen LogP contribution in [0.4, 0.5) is 14.5 Å². The molecule has 1 rings (SSSR count). The van der Waals surface area contributed by atoms with Crippen molar-refractivity contribution < 1.29 is 23.6 Å². The van der Waals surface area contributed by atoms with Gasteiger partial charge in [0.05, 0.1) is 11.6 Å². The number of alkyl halides is 4. The van der Waals surface area contributed by atoms with Gasteiger partial charge in [-0.3, -0.25) is 19.3 Å². The standard InChI is InChI=1S/C11H10Cl2F2N2O4/c12-11(13,15)9(18)16-10(19,5-6-14)7-1-3-8(4-2-7)17(20)21/h1-4,19H,5-6H2,(H,16,18). The number of hydrogen-bond acceptors (Lipinski definition) is 4. The third-order valence-corrected chi connectivity index (χ3v) is 2.93. The Morgan fingerprint density at radius 1 is 1.38 bits per heavy atom. The molecule has 1 atom stereocenters. The van der Waals surface area contributed by atoms with Gasteiger partial charge in [0.2, 0.25) is 0 Å². The van der Waals surface area contributed by atoms with E-state index < -0.39 is 34.2 Å². The molecule has 0 fully saturated rings. The lowest BCUT2D eigenvalue weighted by Crippen LogP contribution is -2.50. The average molecular weight is 343 g/mol. The second-order valence-electron chi connectivity index (χ2n) is 4.06. The normalized spacial score (nSPS) is 14.3. The minimum atomic E-state index is -3.31. The van der Waals surface area contributed by atoms with Crippen molar-refractivity contribution >= 4 is 34.8 Å². The average Bonchev–Trinajstić information content (AvgIpc) is 2.38. The van der Waals surface area contributed by atoms with Crippen molar-refractivity contribution in [3.05, 3.63) is 39.9 Å². The molecule has 1 amide bonds. The first-order valence-electron chi connectivity index (χ1n) is 5.53. The van der Waals surface area contributed by atoms with Crippen molar-refractivity contribution in [3.63, 3.8) is 0 Å². The van der Waals surface area contributed by atoms with E-state index in [2.05, 4.69) is 0 Å². The zero-order valence-corrected chi connectivity index (χ0v) is 11.9. The van der Waals surface area contributed by atoms with Crippen molar-refractivity contribution in [1.29, 1.82) is 0 Å². The lowest BCUT2D eigenvalue weighted by atomic mass is 9.99. The van der Waals surface area contributed by atoms with Gasteiger partial charge in [-0.25, -0.2) is 0 Å². The fraction of sp³-hybridized carbons (Fsp3) is 0.364. The second-order valence-corrected chi connectivity index (χ2v) is 5.29. The van der Waals surface area contributed by atoms with Crippen LogP contribution in [0.3, 0.4) is 0 Å². The minimum absolute atomic E-state index is 0.0864. The minimum Gasteiger partial charge on any atom is -0.367 e. The topological polar surface area (TPSA) is 92.5 Å². The molecular formula is C11H10Cl2F2N2O4. The molecule has 0 aliphatic carbocycles. The summed E-state index contributed by atoms with van der Waals surface area (Å²) in [6, 6.07) is 4.26. The van der Waals surface area contributed by atoms with Gasteiger partial charge in [0.25, 0.3) is 11.6 Å². The molecule has 21 heavy (non-hydrogen) atoms. The maximum Gasteiger partial charge on any atom is 0.335 e. The lowest BCUT2D eigenvalue weighted by Gasteiger charge is -2.29. The molecule has 1 unspecified atom stereocenters. The predicted octanol–water partition coefficient (Wildman–Crippen LogP) is 2.32. The van der Waals surface area contributed by atoms with E-state index in [1.807, 2.05) is 0 Å². The number of carbonyl (C=O) groups is 1. The first-order valence-corrected chi connectivity index (χ1v) is 6.28. The molecule has 0 aromatic heterocycles. The second kappa shape index (κ2) is 6.50. The summed E-state index contributed by atoms with van der Waals surface area (Å²) in [6.07, 6.45) is -0.625. The van der Waals surface area contributed by atoms with Gasteiger partial charge in [-0.2, -0.15) is 4.39 Å². The number of amides is 1. The van der Waals surface area contributed by atoms with Gasteiger partial charge in [-0.05, 0) is 12.1 Å². The van der Waals surface area contributed by atoms with Gasteiger partial charge in [0, 0.05) is 24.1 Å². The van der Waals surface area contributed by atoms with Crippen LogP contribution in [0.15, 0.2) is 24.3 Å². The number of aliphatic hydroxyl groups is 1. The Kier molecular flexibility index (Phi) is 5.43. The van der Waals surface area contributed by atoms with E-state index in [9.17, 15) is 28.8 Å². The summed E-state index contributed by atoms with van der Waals surface area (Å²) in [6.45, 7) is -1.06. The van der Waals surface area contributed by atoms with Crippen LogP contribution < -0.4 is 5.32 Å². The highest BCUT2D eigenvalue weighted by molar-refractivity contribution is 6.56. The van der Waals surface area contributed by atoms with Crippen LogP contribution in [-0.2, 0) is 10.5 Å². The van der Waals surface area contributed by atoms with E-state index in [1.165, 1.54) is 0 Å². The summed E-state index contributed by atoms with van der Waals surface area (Å²) in [5.41, 5.74) is -2.67. The number of non-ortho nitro benzene ring substituents is 1. The highest BCUT2D eigenvalue weighted by atomic mass is 35.5. The Balaban J connectivity index is 3.09. The van der Waals surface area contributed by atoms with Crippen LogP contribution in [0, 0.1) is 10.1 Å². The molecule has 1 aromatic carbocycles. The first-order chi connectivity index (χ1) is 9.60. The molecule has 116 valence electrons. The summed E-state index contributed by atoms with van der Waals surface area (Å²) >= 11 is 9.87. The molecule has 2 N–H and O–H groups in total. The van der Waals surface area contributed by atoms with E-state index in [0.29, 0.717) is 0 Å². The fourth-order valence-electron chi connectivity index (χ4n) is 1.53. The van der Waals surface area contributed by atoms with Gasteiger partial charge < -0.3 is 10.4 Å². The first kappa shape index (κ1) is 17.5. The van der Waals surface area contributed by atoms with E-state index in [1.54, 1.807) is 5.32 Å². The molecule has 1 aromatic rings. The molecule has 0 spiro atoms. The Labute approximate surface area is 127 Å². The smallest absolute Gasteiger partial charge is 0.335 e. The largest absolute Gasteiger partial charge is 0.367 e. The Bertz CT molecular complexity index is 536. The van der Waals surface area contributed by atoms with Crippen molar-refractivity contribution in [2.45, 2.75) is 16.7 Å². The molecular weight excluding hydrogens is 333 g/mol. The molecule has 0 aliphatic heterocycles. The highest BCUT2D eigenvalue weighted by Gasteiger charge is 2.40. The number of rotatable bonds is 6. The van der Waals surface area contributed by atoms with E-state index in [4.69, 9.17) is 23.2 Å². The number of nitrogens with zero attached hydrogens (tertiary/aromatic N) is 1. The molecule has 10 heteroatoms. The molecule has 6 nitrogen and oxygen atoms in total. The molecule has 0 radical (unpaired) electrons. The lowest BCUT2D eigenvalue weighted by molar-refractivity contribution is -0.384. The third-order valence-electron chi connectivity index (χ3n) is 2.59. The van der Waals surface area contributed by atoms with Crippen molar-refractivity contribution in [3.8, 4) is 0 Å². The third kappa shape index (κ3) is 4.48. The van der Waals surface area contributed by atoms with Crippen LogP contribution in [0.25, 0.3) is 0 Å². The van der Waals surface area contributed by atoms with Crippen LogP contribution in [0.5, 0.6) is 0 Å².